The fourth-order valence-corrected chi connectivity index (χ4v) is 12.0. The molecule has 0 spiro atoms. The Balaban J connectivity index is 1.19. The Kier molecular flexibility index (Phi) is 14.0. The molecule has 56 heavy (non-hydrogen) atoms. The molecule has 3 aromatic carbocycles. The van der Waals surface area contributed by atoms with Crippen molar-refractivity contribution in [1.82, 2.24) is 0 Å². The number of carboxylic acids is 1. The number of fused-ring (bicyclic) bond motifs is 1. The molecule has 4 aliphatic rings. The molecule has 3 aromatic rings. The number of hydrogen-bond donors (Lipinski definition) is 3. The summed E-state index contributed by atoms with van der Waals surface area (Å²) in [6, 6.07) is 29.7. The molecule has 7 rings (SSSR count). The first kappa shape index (κ1) is 40.3. The van der Waals surface area contributed by atoms with Gasteiger partial charge in [-0.3, -0.25) is 4.79 Å². The third-order valence-corrected chi connectivity index (χ3v) is 14.7. The Labute approximate surface area is 337 Å². The van der Waals surface area contributed by atoms with Gasteiger partial charge < -0.3 is 15.9 Å². The number of allylic oxidation sites excluding steroid dienone is 4. The van der Waals surface area contributed by atoms with Gasteiger partial charge >= 0.3 is 5.97 Å². The zero-order valence-corrected chi connectivity index (χ0v) is 33.6. The van der Waals surface area contributed by atoms with Gasteiger partial charge in [0.2, 0.25) is 0 Å². The Morgan fingerprint density at radius 3 is 2.27 bits per heavy atom. The maximum Gasteiger partial charge on any atom is 0.310 e. The van der Waals surface area contributed by atoms with Crippen LogP contribution >= 0.6 is 0 Å². The smallest absolute Gasteiger partial charge is 0.310 e. The van der Waals surface area contributed by atoms with Crippen LogP contribution in [0.25, 0.3) is 0 Å². The fourth-order valence-electron chi connectivity index (χ4n) is 12.0. The Morgan fingerprint density at radius 2 is 1.52 bits per heavy atom. The average molecular weight is 754 g/mol. The molecule has 0 amide bonds. The number of aryl methyl sites for hydroxylation is 1. The molecule has 9 unspecified atom stereocenters. The summed E-state index contributed by atoms with van der Waals surface area (Å²) in [6.07, 6.45) is 33.2. The lowest BCUT2D eigenvalue weighted by atomic mass is 9.48. The van der Waals surface area contributed by atoms with Gasteiger partial charge in [-0.15, -0.1) is 0 Å². The Hall–Kier alpha value is -3.89. The molecule has 2 saturated carbocycles. The summed E-state index contributed by atoms with van der Waals surface area (Å²) in [5, 5.41) is 21.3. The number of aromatic hydroxyl groups is 1. The van der Waals surface area contributed by atoms with E-state index in [0.29, 0.717) is 24.1 Å². The second-order valence-electron chi connectivity index (χ2n) is 18.2. The lowest BCUT2D eigenvalue weighted by Crippen LogP contribution is -2.53. The highest BCUT2D eigenvalue weighted by atomic mass is 16.4. The summed E-state index contributed by atoms with van der Waals surface area (Å²) in [6.45, 7) is 0.537. The summed E-state index contributed by atoms with van der Waals surface area (Å²) in [4.78, 5) is 13.4. The van der Waals surface area contributed by atoms with E-state index >= 15 is 0 Å². The van der Waals surface area contributed by atoms with Gasteiger partial charge in [0, 0.05) is 5.41 Å². The maximum absolute atomic E-state index is 13.4. The average Bonchev–Trinajstić information content (AvgIpc) is 3.23. The van der Waals surface area contributed by atoms with E-state index in [9.17, 15) is 15.0 Å². The maximum atomic E-state index is 13.4. The highest BCUT2D eigenvalue weighted by molar-refractivity contribution is 5.73. The van der Waals surface area contributed by atoms with Crippen molar-refractivity contribution in [1.29, 1.82) is 0 Å². The first-order chi connectivity index (χ1) is 27.4. The molecular weight excluding hydrogens is 687 g/mol. The third kappa shape index (κ3) is 9.79. The van der Waals surface area contributed by atoms with Crippen molar-refractivity contribution in [3.8, 4) is 5.75 Å². The van der Waals surface area contributed by atoms with Crippen LogP contribution in [0.5, 0.6) is 5.75 Å². The van der Waals surface area contributed by atoms with Crippen LogP contribution in [-0.4, -0.2) is 22.7 Å². The predicted octanol–water partition coefficient (Wildman–Crippen LogP) is 11.9. The van der Waals surface area contributed by atoms with Gasteiger partial charge in [-0.2, -0.15) is 0 Å². The van der Waals surface area contributed by atoms with E-state index in [1.54, 1.807) is 6.07 Å². The van der Waals surface area contributed by atoms with Gasteiger partial charge in [0.05, 0.1) is 5.92 Å². The molecule has 4 heteroatoms. The zero-order chi connectivity index (χ0) is 38.7. The van der Waals surface area contributed by atoms with E-state index < -0.39 is 11.9 Å². The molecular formula is C52H67NO3. The lowest BCUT2D eigenvalue weighted by Gasteiger charge is -2.56. The van der Waals surface area contributed by atoms with Crippen molar-refractivity contribution in [3.63, 3.8) is 0 Å². The fraction of sp³-hybridized carbons (Fsp3) is 0.519. The predicted molar refractivity (Wildman–Crippen MR) is 230 cm³/mol. The van der Waals surface area contributed by atoms with Crippen LogP contribution in [0.15, 0.2) is 121 Å². The van der Waals surface area contributed by atoms with Crippen LogP contribution in [0.3, 0.4) is 0 Å². The minimum atomic E-state index is -0.706. The summed E-state index contributed by atoms with van der Waals surface area (Å²) < 4.78 is 0. The number of carboxylic acid groups (broad SMARTS) is 1. The van der Waals surface area contributed by atoms with Gasteiger partial charge in [0.1, 0.15) is 5.75 Å². The van der Waals surface area contributed by atoms with E-state index in [-0.39, 0.29) is 35.0 Å². The van der Waals surface area contributed by atoms with Crippen LogP contribution in [0.2, 0.25) is 0 Å². The molecule has 4 N–H and O–H groups in total. The molecule has 2 fully saturated rings. The summed E-state index contributed by atoms with van der Waals surface area (Å²) in [7, 11) is 0. The van der Waals surface area contributed by atoms with Crippen molar-refractivity contribution < 1.29 is 15.0 Å². The van der Waals surface area contributed by atoms with Gasteiger partial charge in [-0.25, -0.2) is 0 Å². The summed E-state index contributed by atoms with van der Waals surface area (Å²) in [5.74, 6) is 1.54. The molecule has 0 aromatic heterocycles. The highest BCUT2D eigenvalue weighted by Gasteiger charge is 2.55. The second-order valence-corrected chi connectivity index (χ2v) is 18.2. The minimum absolute atomic E-state index is 0.0402. The number of hydrogen-bond acceptors (Lipinski definition) is 3. The number of nitrogens with two attached hydrogens (primary N) is 1. The highest BCUT2D eigenvalue weighted by Crippen LogP contribution is 2.58. The van der Waals surface area contributed by atoms with E-state index in [2.05, 4.69) is 97.1 Å². The van der Waals surface area contributed by atoms with Gasteiger partial charge in [-0.05, 0) is 140 Å². The number of rotatable bonds is 16. The van der Waals surface area contributed by atoms with Gasteiger partial charge in [-0.1, -0.05) is 154 Å². The van der Waals surface area contributed by atoms with E-state index in [4.69, 9.17) is 5.73 Å². The molecule has 4 nitrogen and oxygen atoms in total. The number of phenolic OH excluding ortho intramolecular Hbond substituents is 1. The number of carbonyl (C=O) groups is 1. The zero-order valence-electron chi connectivity index (χ0n) is 33.6. The quantitative estimate of drug-likeness (QED) is 0.127. The van der Waals surface area contributed by atoms with Crippen LogP contribution in [0.1, 0.15) is 107 Å². The van der Waals surface area contributed by atoms with Crippen molar-refractivity contribution >= 4 is 5.97 Å². The minimum Gasteiger partial charge on any atom is -0.508 e. The third-order valence-electron chi connectivity index (χ3n) is 14.7. The normalized spacial score (nSPS) is 29.9. The van der Waals surface area contributed by atoms with Crippen LogP contribution in [0, 0.1) is 53.3 Å². The second kappa shape index (κ2) is 19.5. The first-order valence-corrected chi connectivity index (χ1v) is 22.3. The van der Waals surface area contributed by atoms with Crippen molar-refractivity contribution in [3.05, 3.63) is 138 Å². The van der Waals surface area contributed by atoms with E-state index in [1.165, 1.54) is 61.6 Å². The monoisotopic (exact) mass is 754 g/mol. The Bertz CT molecular complexity index is 1760. The van der Waals surface area contributed by atoms with Gasteiger partial charge in [0.15, 0.2) is 0 Å². The molecule has 0 aliphatic heterocycles. The standard InChI is InChI=1S/C52H67NO3/c53-37-44-28-30-47(51(55)56)50-48(52(45-23-11-4-12-24-45)32-14-22-42(36-52)33-41-21-13-25-46(54)35-41)31-29-43(49(44)50)34-40(27-26-39-18-8-2-9-19-39)20-10-3-7-17-38-15-5-1-6-16-38/h2-4,8-13,18-19,21,23-25,28-31,35,38,40,42-44,47-50,54H,1,5-7,14-17,20,22,26-27,32-34,36-37,53H2,(H,55,56). The molecule has 9 atom stereocenters. The van der Waals surface area contributed by atoms with Crippen molar-refractivity contribution in [2.75, 3.05) is 6.54 Å². The molecule has 4 aliphatic carbocycles. The van der Waals surface area contributed by atoms with Crippen molar-refractivity contribution in [2.45, 2.75) is 108 Å². The number of aliphatic carboxylic acids is 1. The number of benzene rings is 3. The van der Waals surface area contributed by atoms with Crippen molar-refractivity contribution in [2.24, 2.45) is 59.0 Å². The summed E-state index contributed by atoms with van der Waals surface area (Å²) in [5.41, 5.74) is 10.4. The Morgan fingerprint density at radius 1 is 0.786 bits per heavy atom. The van der Waals surface area contributed by atoms with E-state index in [1.807, 2.05) is 18.2 Å². The molecule has 0 radical (unpaired) electrons. The van der Waals surface area contributed by atoms with E-state index in [0.717, 1.165) is 63.7 Å². The number of phenols is 1. The van der Waals surface area contributed by atoms with Gasteiger partial charge in [0.25, 0.3) is 0 Å². The molecule has 0 heterocycles. The van der Waals surface area contributed by atoms with Crippen LogP contribution in [-0.2, 0) is 23.1 Å². The molecule has 0 bridgehead atoms. The SMILES string of the molecule is NCC1C=CC(C(=O)O)C2C1C(CC(CC=CCCC1CCCCC1)CCc1ccccc1)C=CC2C1(c2ccccc2)CCCC(Cc2cccc(O)c2)C1. The topological polar surface area (TPSA) is 83.6 Å². The molecule has 0 saturated heterocycles. The van der Waals surface area contributed by atoms with Crippen LogP contribution < -0.4 is 5.73 Å². The summed E-state index contributed by atoms with van der Waals surface area (Å²) >= 11 is 0. The molecule has 298 valence electrons. The largest absolute Gasteiger partial charge is 0.508 e. The lowest BCUT2D eigenvalue weighted by molar-refractivity contribution is -0.145. The van der Waals surface area contributed by atoms with Crippen LogP contribution in [0.4, 0.5) is 0 Å². The first-order valence-electron chi connectivity index (χ1n) is 22.3.